The highest BCUT2D eigenvalue weighted by Crippen LogP contribution is 2.30. The summed E-state index contributed by atoms with van der Waals surface area (Å²) in [7, 11) is 3.41. The van der Waals surface area contributed by atoms with E-state index in [0.717, 1.165) is 15.3 Å². The first-order valence-corrected chi connectivity index (χ1v) is 7.45. The van der Waals surface area contributed by atoms with Crippen molar-refractivity contribution in [2.75, 3.05) is 19.4 Å². The van der Waals surface area contributed by atoms with Crippen molar-refractivity contribution in [2.45, 2.75) is 0 Å². The molecule has 2 aromatic heterocycles. The summed E-state index contributed by atoms with van der Waals surface area (Å²) in [5.41, 5.74) is 1.28. The highest BCUT2D eigenvalue weighted by atomic mass is 32.1. The molecule has 1 amide bonds. The molecule has 0 aliphatic rings. The summed E-state index contributed by atoms with van der Waals surface area (Å²) in [6, 6.07) is 9.04. The van der Waals surface area contributed by atoms with Crippen molar-refractivity contribution < 1.29 is 9.53 Å². The fourth-order valence-corrected chi connectivity index (χ4v) is 2.76. The summed E-state index contributed by atoms with van der Waals surface area (Å²) in [4.78, 5) is 19.9. The first kappa shape index (κ1) is 14.3. The van der Waals surface area contributed by atoms with Gasteiger partial charge in [0.2, 0.25) is 0 Å². The van der Waals surface area contributed by atoms with Gasteiger partial charge in [-0.3, -0.25) is 4.79 Å². The molecule has 0 aliphatic carbocycles. The minimum atomic E-state index is -0.225. The Bertz CT molecular complexity index is 814. The van der Waals surface area contributed by atoms with Crippen molar-refractivity contribution in [3.63, 3.8) is 0 Å². The van der Waals surface area contributed by atoms with Gasteiger partial charge in [0.15, 0.2) is 5.13 Å². The second kappa shape index (κ2) is 5.98. The zero-order chi connectivity index (χ0) is 15.5. The number of amides is 1. The molecule has 112 valence electrons. The number of hydrogen-bond donors (Lipinski definition) is 2. The molecular weight excluding hydrogens is 300 g/mol. The van der Waals surface area contributed by atoms with Crippen LogP contribution < -0.4 is 15.4 Å². The van der Waals surface area contributed by atoms with Crippen molar-refractivity contribution >= 4 is 32.6 Å². The van der Waals surface area contributed by atoms with E-state index in [1.54, 1.807) is 30.5 Å². The van der Waals surface area contributed by atoms with E-state index >= 15 is 0 Å². The number of ether oxygens (including phenoxy) is 1. The molecule has 0 bridgehead atoms. The van der Waals surface area contributed by atoms with Crippen LogP contribution in [0.15, 0.2) is 36.5 Å². The normalized spacial score (nSPS) is 10.5. The van der Waals surface area contributed by atoms with E-state index in [9.17, 15) is 4.79 Å². The number of hydrogen-bond acceptors (Lipinski definition) is 6. The van der Waals surface area contributed by atoms with Gasteiger partial charge in [-0.1, -0.05) is 11.3 Å². The Morgan fingerprint density at radius 3 is 2.68 bits per heavy atom. The molecular formula is C15H14N4O2S. The van der Waals surface area contributed by atoms with E-state index in [2.05, 4.69) is 20.6 Å². The number of anilines is 1. The van der Waals surface area contributed by atoms with Gasteiger partial charge in [-0.25, -0.2) is 9.97 Å². The molecule has 0 atom stereocenters. The van der Waals surface area contributed by atoms with Crippen LogP contribution in [-0.4, -0.2) is 30.0 Å². The van der Waals surface area contributed by atoms with E-state index in [0.29, 0.717) is 17.2 Å². The molecule has 0 aliphatic heterocycles. The maximum Gasteiger partial charge on any atom is 0.269 e. The number of fused-ring (bicyclic) bond motifs is 1. The Balaban J connectivity index is 1.81. The van der Waals surface area contributed by atoms with E-state index in [4.69, 9.17) is 4.74 Å². The number of nitrogens with one attached hydrogen (secondary N) is 2. The first-order chi connectivity index (χ1) is 10.7. The number of benzene rings is 1. The lowest BCUT2D eigenvalue weighted by Crippen LogP contribution is -2.18. The van der Waals surface area contributed by atoms with Crippen molar-refractivity contribution in [2.24, 2.45) is 0 Å². The molecule has 0 radical (unpaired) electrons. The van der Waals surface area contributed by atoms with Crippen LogP contribution in [0.1, 0.15) is 10.5 Å². The van der Waals surface area contributed by atoms with Crippen LogP contribution in [0.2, 0.25) is 0 Å². The molecule has 0 fully saturated rings. The fourth-order valence-electron chi connectivity index (χ4n) is 1.91. The Morgan fingerprint density at radius 1 is 1.18 bits per heavy atom. The van der Waals surface area contributed by atoms with Crippen LogP contribution in [-0.2, 0) is 0 Å². The van der Waals surface area contributed by atoms with Gasteiger partial charge in [-0.05, 0) is 24.3 Å². The molecule has 0 saturated carbocycles. The summed E-state index contributed by atoms with van der Waals surface area (Å²) in [6.07, 6.45) is 1.53. The van der Waals surface area contributed by atoms with Crippen molar-refractivity contribution in [3.8, 4) is 11.5 Å². The number of pyridine rings is 1. The second-order valence-corrected chi connectivity index (χ2v) is 5.49. The fraction of sp³-hybridized carbons (Fsp3) is 0.133. The standard InChI is InChI=1S/C15H14N4O2S/c1-16-14(20)12-6-4-10(8-18-12)21-9-3-5-11-13(7-9)22-15(17-2)19-11/h3-8H,1-2H3,(H,16,20)(H,17,19). The zero-order valence-electron chi connectivity index (χ0n) is 12.1. The molecule has 0 unspecified atom stereocenters. The van der Waals surface area contributed by atoms with Crippen LogP contribution in [0.3, 0.4) is 0 Å². The van der Waals surface area contributed by atoms with E-state index in [1.807, 2.05) is 25.2 Å². The topological polar surface area (TPSA) is 76.1 Å². The first-order valence-electron chi connectivity index (χ1n) is 6.64. The SMILES string of the molecule is CNC(=O)c1ccc(Oc2ccc3nc(NC)sc3c2)cn1. The van der Waals surface area contributed by atoms with Gasteiger partial charge in [-0.15, -0.1) is 0 Å². The van der Waals surface area contributed by atoms with Crippen LogP contribution in [0.25, 0.3) is 10.2 Å². The van der Waals surface area contributed by atoms with Crippen LogP contribution in [0.5, 0.6) is 11.5 Å². The molecule has 3 rings (SSSR count). The Labute approximate surface area is 131 Å². The number of carbonyl (C=O) groups is 1. The van der Waals surface area contributed by atoms with Crippen molar-refractivity contribution in [3.05, 3.63) is 42.2 Å². The Morgan fingerprint density at radius 2 is 2.00 bits per heavy atom. The summed E-state index contributed by atoms with van der Waals surface area (Å²) in [5.74, 6) is 1.05. The van der Waals surface area contributed by atoms with Gasteiger partial charge >= 0.3 is 0 Å². The third-order valence-electron chi connectivity index (χ3n) is 3.01. The van der Waals surface area contributed by atoms with Gasteiger partial charge in [0, 0.05) is 20.2 Å². The maximum atomic E-state index is 11.4. The molecule has 22 heavy (non-hydrogen) atoms. The zero-order valence-corrected chi connectivity index (χ0v) is 12.9. The Hall–Kier alpha value is -2.67. The average molecular weight is 314 g/mol. The quantitative estimate of drug-likeness (QED) is 0.774. The maximum absolute atomic E-state index is 11.4. The van der Waals surface area contributed by atoms with Crippen molar-refractivity contribution in [1.29, 1.82) is 0 Å². The smallest absolute Gasteiger partial charge is 0.269 e. The highest BCUT2D eigenvalue weighted by molar-refractivity contribution is 7.22. The van der Waals surface area contributed by atoms with Gasteiger partial charge in [0.25, 0.3) is 5.91 Å². The third-order valence-corrected chi connectivity index (χ3v) is 4.04. The van der Waals surface area contributed by atoms with E-state index < -0.39 is 0 Å². The largest absolute Gasteiger partial charge is 0.456 e. The molecule has 3 aromatic rings. The van der Waals surface area contributed by atoms with Crippen LogP contribution >= 0.6 is 11.3 Å². The molecule has 0 saturated heterocycles. The molecule has 6 nitrogen and oxygen atoms in total. The lowest BCUT2D eigenvalue weighted by molar-refractivity contribution is 0.0958. The monoisotopic (exact) mass is 314 g/mol. The number of aromatic nitrogens is 2. The lowest BCUT2D eigenvalue weighted by Gasteiger charge is -2.05. The van der Waals surface area contributed by atoms with Crippen LogP contribution in [0, 0.1) is 0 Å². The number of thiazole rings is 1. The third kappa shape index (κ3) is 2.84. The molecule has 2 N–H and O–H groups in total. The van der Waals surface area contributed by atoms with Gasteiger partial charge in [0.05, 0.1) is 16.4 Å². The number of nitrogens with zero attached hydrogens (tertiary/aromatic N) is 2. The minimum absolute atomic E-state index is 0.225. The molecule has 7 heteroatoms. The predicted molar refractivity (Wildman–Crippen MR) is 86.9 cm³/mol. The summed E-state index contributed by atoms with van der Waals surface area (Å²) >= 11 is 1.56. The lowest BCUT2D eigenvalue weighted by atomic mass is 10.3. The minimum Gasteiger partial charge on any atom is -0.456 e. The van der Waals surface area contributed by atoms with Crippen molar-refractivity contribution in [1.82, 2.24) is 15.3 Å². The van der Waals surface area contributed by atoms with E-state index in [1.165, 1.54) is 6.20 Å². The molecule has 0 spiro atoms. The molecule has 2 heterocycles. The second-order valence-electron chi connectivity index (χ2n) is 4.46. The highest BCUT2D eigenvalue weighted by Gasteiger charge is 2.07. The van der Waals surface area contributed by atoms with E-state index in [-0.39, 0.29) is 5.91 Å². The van der Waals surface area contributed by atoms with Gasteiger partial charge in [-0.2, -0.15) is 0 Å². The number of rotatable bonds is 4. The summed E-state index contributed by atoms with van der Waals surface area (Å²) in [5, 5.41) is 6.42. The van der Waals surface area contributed by atoms with Gasteiger partial charge in [0.1, 0.15) is 17.2 Å². The Kier molecular flexibility index (Phi) is 3.88. The predicted octanol–water partition coefficient (Wildman–Crippen LogP) is 2.88. The van der Waals surface area contributed by atoms with Crippen LogP contribution in [0.4, 0.5) is 5.13 Å². The summed E-state index contributed by atoms with van der Waals surface area (Å²) < 4.78 is 6.80. The number of carbonyl (C=O) groups excluding carboxylic acids is 1. The molecule has 1 aromatic carbocycles. The summed E-state index contributed by atoms with van der Waals surface area (Å²) in [6.45, 7) is 0. The van der Waals surface area contributed by atoms with Gasteiger partial charge < -0.3 is 15.4 Å². The average Bonchev–Trinajstić information content (AvgIpc) is 2.97.